The van der Waals surface area contributed by atoms with Gasteiger partial charge in [-0.15, -0.1) is 0 Å². The Balaban J connectivity index is 2.83. The van der Waals surface area contributed by atoms with Gasteiger partial charge >= 0.3 is 5.97 Å². The molecular weight excluding hydrogens is 250 g/mol. The summed E-state index contributed by atoms with van der Waals surface area (Å²) in [5.41, 5.74) is 5.62. The maximum atomic E-state index is 11.0. The second kappa shape index (κ2) is 5.72. The monoisotopic (exact) mass is 269 g/mol. The zero-order valence-electron chi connectivity index (χ0n) is 11.0. The zero-order valence-corrected chi connectivity index (χ0v) is 11.7. The van der Waals surface area contributed by atoms with Gasteiger partial charge in [-0.3, -0.25) is 4.79 Å². The number of hydrogen-bond donors (Lipinski definition) is 2. The summed E-state index contributed by atoms with van der Waals surface area (Å²) in [5, 5.41) is 9.76. The molecule has 0 heterocycles. The lowest BCUT2D eigenvalue weighted by Gasteiger charge is -2.28. The average Bonchev–Trinajstić information content (AvgIpc) is 2.28. The minimum atomic E-state index is -1.20. The molecule has 0 amide bonds. The van der Waals surface area contributed by atoms with Gasteiger partial charge in [0.25, 0.3) is 0 Å². The number of hydrogen-bond acceptors (Lipinski definition) is 2. The molecule has 1 rings (SSSR count). The molecule has 3 nitrogen and oxygen atoms in total. The standard InChI is InChI=1S/C14H20ClNO2/c1-9(8-14(3,16)13(17)18)10(2)11-6-4-5-7-12(11)15/h4-7,9-10H,8,16H2,1-3H3,(H,17,18). The van der Waals surface area contributed by atoms with Crippen LogP contribution in [0.2, 0.25) is 5.02 Å². The van der Waals surface area contributed by atoms with E-state index in [-0.39, 0.29) is 11.8 Å². The molecule has 1 aromatic rings. The van der Waals surface area contributed by atoms with Crippen LogP contribution in [0, 0.1) is 5.92 Å². The summed E-state index contributed by atoms with van der Waals surface area (Å²) in [5.74, 6) is -0.669. The minimum absolute atomic E-state index is 0.135. The molecule has 0 aromatic heterocycles. The Morgan fingerprint density at radius 2 is 2.00 bits per heavy atom. The van der Waals surface area contributed by atoms with Gasteiger partial charge in [0, 0.05) is 5.02 Å². The molecule has 0 bridgehead atoms. The molecule has 0 fully saturated rings. The molecule has 0 spiro atoms. The predicted octanol–water partition coefficient (Wildman–Crippen LogP) is 3.27. The number of halogens is 1. The number of carbonyl (C=O) groups is 1. The second-order valence-electron chi connectivity index (χ2n) is 5.21. The van der Waals surface area contributed by atoms with Crippen molar-refractivity contribution >= 4 is 17.6 Å². The fourth-order valence-corrected chi connectivity index (χ4v) is 2.39. The van der Waals surface area contributed by atoms with Crippen LogP contribution in [0.15, 0.2) is 24.3 Å². The van der Waals surface area contributed by atoms with E-state index in [9.17, 15) is 4.79 Å². The highest BCUT2D eigenvalue weighted by Gasteiger charge is 2.32. The normalized spacial score (nSPS) is 17.8. The highest BCUT2D eigenvalue weighted by molar-refractivity contribution is 6.31. The average molecular weight is 270 g/mol. The quantitative estimate of drug-likeness (QED) is 0.862. The van der Waals surface area contributed by atoms with Crippen molar-refractivity contribution in [3.05, 3.63) is 34.9 Å². The van der Waals surface area contributed by atoms with Gasteiger partial charge in [0.05, 0.1) is 0 Å². The molecule has 3 N–H and O–H groups in total. The fourth-order valence-electron chi connectivity index (χ4n) is 2.08. The van der Waals surface area contributed by atoms with Crippen LogP contribution in [0.4, 0.5) is 0 Å². The first kappa shape index (κ1) is 15.0. The SMILES string of the molecule is CC(CC(C)(N)C(=O)O)C(C)c1ccccc1Cl. The molecule has 100 valence electrons. The van der Waals surface area contributed by atoms with E-state index in [0.717, 1.165) is 5.56 Å². The summed E-state index contributed by atoms with van der Waals surface area (Å²) in [4.78, 5) is 11.0. The molecule has 0 radical (unpaired) electrons. The van der Waals surface area contributed by atoms with Gasteiger partial charge in [-0.1, -0.05) is 43.6 Å². The summed E-state index contributed by atoms with van der Waals surface area (Å²) in [6, 6.07) is 7.63. The Morgan fingerprint density at radius 3 is 2.50 bits per heavy atom. The Bertz CT molecular complexity index is 432. The molecule has 0 aliphatic rings. The lowest BCUT2D eigenvalue weighted by molar-refractivity contribution is -0.143. The Morgan fingerprint density at radius 1 is 1.44 bits per heavy atom. The van der Waals surface area contributed by atoms with Crippen LogP contribution in [-0.4, -0.2) is 16.6 Å². The number of aliphatic carboxylic acids is 1. The zero-order chi connectivity index (χ0) is 13.9. The Kier molecular flexibility index (Phi) is 4.77. The van der Waals surface area contributed by atoms with Crippen molar-refractivity contribution in [1.29, 1.82) is 0 Å². The third kappa shape index (κ3) is 3.47. The van der Waals surface area contributed by atoms with Crippen molar-refractivity contribution in [1.82, 2.24) is 0 Å². The van der Waals surface area contributed by atoms with E-state index in [2.05, 4.69) is 0 Å². The molecule has 0 aliphatic heterocycles. The molecule has 3 atom stereocenters. The van der Waals surface area contributed by atoms with E-state index in [1.165, 1.54) is 0 Å². The summed E-state index contributed by atoms with van der Waals surface area (Å²) in [7, 11) is 0. The lowest BCUT2D eigenvalue weighted by atomic mass is 9.80. The van der Waals surface area contributed by atoms with Crippen molar-refractivity contribution in [2.45, 2.75) is 38.6 Å². The third-order valence-electron chi connectivity index (χ3n) is 3.48. The largest absolute Gasteiger partial charge is 0.480 e. The Hall–Kier alpha value is -1.06. The van der Waals surface area contributed by atoms with Crippen LogP contribution in [0.1, 0.15) is 38.7 Å². The number of benzene rings is 1. The van der Waals surface area contributed by atoms with Crippen LogP contribution in [-0.2, 0) is 4.79 Å². The second-order valence-corrected chi connectivity index (χ2v) is 5.62. The molecule has 3 unspecified atom stereocenters. The molecule has 1 aromatic carbocycles. The highest BCUT2D eigenvalue weighted by atomic mass is 35.5. The third-order valence-corrected chi connectivity index (χ3v) is 3.83. The molecule has 0 saturated heterocycles. The molecule has 4 heteroatoms. The molecule has 0 saturated carbocycles. The van der Waals surface area contributed by atoms with E-state index in [1.54, 1.807) is 6.92 Å². The van der Waals surface area contributed by atoms with E-state index < -0.39 is 11.5 Å². The van der Waals surface area contributed by atoms with Crippen molar-refractivity contribution in [3.63, 3.8) is 0 Å². The van der Waals surface area contributed by atoms with Crippen LogP contribution >= 0.6 is 11.6 Å². The lowest BCUT2D eigenvalue weighted by Crippen LogP contribution is -2.46. The van der Waals surface area contributed by atoms with Gasteiger partial charge in [-0.05, 0) is 36.8 Å². The summed E-state index contributed by atoms with van der Waals surface area (Å²) < 4.78 is 0. The van der Waals surface area contributed by atoms with Crippen molar-refractivity contribution in [2.75, 3.05) is 0 Å². The first-order valence-corrected chi connectivity index (χ1v) is 6.40. The van der Waals surface area contributed by atoms with Gasteiger partial charge in [-0.25, -0.2) is 0 Å². The highest BCUT2D eigenvalue weighted by Crippen LogP contribution is 2.33. The smallest absolute Gasteiger partial charge is 0.323 e. The van der Waals surface area contributed by atoms with Crippen molar-refractivity contribution < 1.29 is 9.90 Å². The van der Waals surface area contributed by atoms with Gasteiger partial charge < -0.3 is 10.8 Å². The topological polar surface area (TPSA) is 63.3 Å². The van der Waals surface area contributed by atoms with Gasteiger partial charge in [-0.2, -0.15) is 0 Å². The maximum Gasteiger partial charge on any atom is 0.323 e. The minimum Gasteiger partial charge on any atom is -0.480 e. The number of carboxylic acid groups (broad SMARTS) is 1. The van der Waals surface area contributed by atoms with Gasteiger partial charge in [0.2, 0.25) is 0 Å². The van der Waals surface area contributed by atoms with Gasteiger partial charge in [0.15, 0.2) is 0 Å². The maximum absolute atomic E-state index is 11.0. The molecule has 0 aliphatic carbocycles. The van der Waals surface area contributed by atoms with Crippen LogP contribution in [0.5, 0.6) is 0 Å². The molecule has 18 heavy (non-hydrogen) atoms. The Labute approximate surface area is 113 Å². The van der Waals surface area contributed by atoms with Crippen LogP contribution < -0.4 is 5.73 Å². The summed E-state index contributed by atoms with van der Waals surface area (Å²) >= 11 is 6.15. The summed E-state index contributed by atoms with van der Waals surface area (Å²) in [6.45, 7) is 5.59. The van der Waals surface area contributed by atoms with Crippen molar-refractivity contribution in [3.8, 4) is 0 Å². The summed E-state index contributed by atoms with van der Waals surface area (Å²) in [6.07, 6.45) is 0.411. The van der Waals surface area contributed by atoms with E-state index in [0.29, 0.717) is 11.4 Å². The predicted molar refractivity (Wildman–Crippen MR) is 73.9 cm³/mol. The van der Waals surface area contributed by atoms with Crippen molar-refractivity contribution in [2.24, 2.45) is 11.7 Å². The van der Waals surface area contributed by atoms with Crippen LogP contribution in [0.25, 0.3) is 0 Å². The van der Waals surface area contributed by atoms with E-state index in [1.807, 2.05) is 38.1 Å². The van der Waals surface area contributed by atoms with Gasteiger partial charge in [0.1, 0.15) is 5.54 Å². The first-order valence-electron chi connectivity index (χ1n) is 6.02. The first-order chi connectivity index (χ1) is 8.25. The number of rotatable bonds is 5. The van der Waals surface area contributed by atoms with Crippen LogP contribution in [0.3, 0.4) is 0 Å². The fraction of sp³-hybridized carbons (Fsp3) is 0.500. The number of carboxylic acids is 1. The van der Waals surface area contributed by atoms with E-state index >= 15 is 0 Å². The van der Waals surface area contributed by atoms with E-state index in [4.69, 9.17) is 22.4 Å². The molecular formula is C14H20ClNO2. The number of nitrogens with two attached hydrogens (primary N) is 1.